The molecular weight excluding hydrogens is 458 g/mol. The number of hydrogen-bond acceptors (Lipinski definition) is 5. The molecule has 0 aromatic heterocycles. The molecule has 0 bridgehead atoms. The highest BCUT2D eigenvalue weighted by molar-refractivity contribution is 8.18. The molecule has 0 atom stereocenters. The Balaban J connectivity index is 1.48. The maximum Gasteiger partial charge on any atom is 0.264 e. The molecule has 6 nitrogen and oxygen atoms in total. The van der Waals surface area contributed by atoms with Gasteiger partial charge in [-0.1, -0.05) is 48.0 Å². The molecule has 8 heteroatoms. The number of thioether (sulfide) groups is 1. The summed E-state index contributed by atoms with van der Waals surface area (Å²) in [7, 11) is 0. The van der Waals surface area contributed by atoms with Gasteiger partial charge in [0.1, 0.15) is 12.4 Å². The molecule has 2 amide bonds. The van der Waals surface area contributed by atoms with E-state index in [1.807, 2.05) is 48.5 Å². The minimum atomic E-state index is -0.227. The zero-order valence-corrected chi connectivity index (χ0v) is 19.2. The summed E-state index contributed by atoms with van der Waals surface area (Å²) in [5.74, 6) is 0.283. The van der Waals surface area contributed by atoms with Crippen LogP contribution in [-0.4, -0.2) is 17.0 Å². The van der Waals surface area contributed by atoms with E-state index in [0.717, 1.165) is 11.1 Å². The second kappa shape index (κ2) is 10.4. The Bertz CT molecular complexity index is 1260. The molecule has 1 heterocycles. The molecule has 33 heavy (non-hydrogen) atoms. The topological polar surface area (TPSA) is 79.8 Å². The lowest BCUT2D eigenvalue weighted by Crippen LogP contribution is -2.19. The predicted molar refractivity (Wildman–Crippen MR) is 134 cm³/mol. The zero-order chi connectivity index (χ0) is 23.2. The third-order valence-corrected chi connectivity index (χ3v) is 5.89. The number of anilines is 1. The normalized spacial score (nSPS) is 15.5. The summed E-state index contributed by atoms with van der Waals surface area (Å²) in [5, 5.41) is 6.61. The summed E-state index contributed by atoms with van der Waals surface area (Å²) in [4.78, 5) is 28.6. The Kier molecular flexibility index (Phi) is 7.12. The fourth-order valence-corrected chi connectivity index (χ4v) is 4.09. The van der Waals surface area contributed by atoms with Crippen molar-refractivity contribution in [3.05, 3.63) is 93.9 Å². The number of carbonyl (C=O) groups excluding carboxylic acids is 2. The van der Waals surface area contributed by atoms with E-state index in [1.165, 1.54) is 18.7 Å². The van der Waals surface area contributed by atoms with Crippen molar-refractivity contribution < 1.29 is 14.3 Å². The van der Waals surface area contributed by atoms with Crippen LogP contribution in [0.1, 0.15) is 18.1 Å². The maximum absolute atomic E-state index is 12.5. The first-order valence-corrected chi connectivity index (χ1v) is 11.3. The van der Waals surface area contributed by atoms with Crippen LogP contribution >= 0.6 is 23.4 Å². The third-order valence-electron chi connectivity index (χ3n) is 4.62. The van der Waals surface area contributed by atoms with Gasteiger partial charge in [0.2, 0.25) is 5.91 Å². The van der Waals surface area contributed by atoms with E-state index in [0.29, 0.717) is 38.8 Å². The SMILES string of the molecule is CC(=O)Nc1ccc(N=C2NC(=O)C(=Cc3ccccc3OCc3ccccc3Cl)S2)cc1. The van der Waals surface area contributed by atoms with Gasteiger partial charge in [0.05, 0.1) is 10.6 Å². The Hall–Kier alpha value is -3.55. The molecule has 0 spiro atoms. The lowest BCUT2D eigenvalue weighted by Gasteiger charge is -2.10. The second-order valence-corrected chi connectivity index (χ2v) is 8.57. The molecule has 2 N–H and O–H groups in total. The molecule has 0 unspecified atom stereocenters. The van der Waals surface area contributed by atoms with Crippen molar-refractivity contribution >= 4 is 57.8 Å². The smallest absolute Gasteiger partial charge is 0.264 e. The van der Waals surface area contributed by atoms with E-state index in [9.17, 15) is 9.59 Å². The number of benzene rings is 3. The molecular formula is C25H20ClN3O3S. The number of para-hydroxylation sites is 1. The van der Waals surface area contributed by atoms with Crippen molar-refractivity contribution in [2.24, 2.45) is 4.99 Å². The van der Waals surface area contributed by atoms with Crippen molar-refractivity contribution in [2.75, 3.05) is 5.32 Å². The number of hydrogen-bond donors (Lipinski definition) is 2. The van der Waals surface area contributed by atoms with Crippen LogP contribution in [0.3, 0.4) is 0 Å². The number of rotatable bonds is 6. The van der Waals surface area contributed by atoms with Gasteiger partial charge in [-0.2, -0.15) is 0 Å². The number of amidine groups is 1. The summed E-state index contributed by atoms with van der Waals surface area (Å²) >= 11 is 7.47. The maximum atomic E-state index is 12.5. The Labute approximate surface area is 200 Å². The minimum Gasteiger partial charge on any atom is -0.488 e. The predicted octanol–water partition coefficient (Wildman–Crippen LogP) is 5.77. The molecule has 166 valence electrons. The highest BCUT2D eigenvalue weighted by Gasteiger charge is 2.24. The van der Waals surface area contributed by atoms with Crippen LogP contribution in [0, 0.1) is 0 Å². The first-order valence-electron chi connectivity index (χ1n) is 10.1. The van der Waals surface area contributed by atoms with E-state index in [-0.39, 0.29) is 11.8 Å². The summed E-state index contributed by atoms with van der Waals surface area (Å²) in [6, 6.07) is 22.1. The average molecular weight is 478 g/mol. The van der Waals surface area contributed by atoms with Crippen LogP contribution in [0.15, 0.2) is 82.7 Å². The number of nitrogens with zero attached hydrogens (tertiary/aromatic N) is 1. The van der Waals surface area contributed by atoms with Gasteiger partial charge in [-0.3, -0.25) is 9.59 Å². The fraction of sp³-hybridized carbons (Fsp3) is 0.0800. The standard InChI is InChI=1S/C25H20ClN3O3S/c1-16(30)27-19-10-12-20(13-11-19)28-25-29-24(31)23(33-25)14-17-6-3-5-9-22(17)32-15-18-7-2-4-8-21(18)26/h2-14H,15H2,1H3,(H,27,30)(H,28,29,31). The van der Waals surface area contributed by atoms with Gasteiger partial charge in [0, 0.05) is 28.8 Å². The van der Waals surface area contributed by atoms with Crippen LogP contribution in [-0.2, 0) is 16.2 Å². The van der Waals surface area contributed by atoms with Crippen molar-refractivity contribution in [1.29, 1.82) is 0 Å². The summed E-state index contributed by atoms with van der Waals surface area (Å²) in [5.41, 5.74) is 3.01. The van der Waals surface area contributed by atoms with E-state index < -0.39 is 0 Å². The van der Waals surface area contributed by atoms with Gasteiger partial charge >= 0.3 is 0 Å². The molecule has 1 aliphatic rings. The molecule has 1 saturated heterocycles. The lowest BCUT2D eigenvalue weighted by atomic mass is 10.2. The Morgan fingerprint density at radius 2 is 1.82 bits per heavy atom. The van der Waals surface area contributed by atoms with Crippen LogP contribution < -0.4 is 15.4 Å². The van der Waals surface area contributed by atoms with Crippen molar-refractivity contribution in [1.82, 2.24) is 5.32 Å². The van der Waals surface area contributed by atoms with Gasteiger partial charge < -0.3 is 15.4 Å². The summed E-state index contributed by atoms with van der Waals surface area (Å²) in [6.45, 7) is 1.77. The number of amides is 2. The summed E-state index contributed by atoms with van der Waals surface area (Å²) in [6.07, 6.45) is 1.78. The number of carbonyl (C=O) groups is 2. The number of ether oxygens (including phenoxy) is 1. The molecule has 0 saturated carbocycles. The van der Waals surface area contributed by atoms with Crippen molar-refractivity contribution in [3.8, 4) is 5.75 Å². The highest BCUT2D eigenvalue weighted by atomic mass is 35.5. The number of aliphatic imine (C=N–C) groups is 1. The van der Waals surface area contributed by atoms with Crippen molar-refractivity contribution in [3.63, 3.8) is 0 Å². The van der Waals surface area contributed by atoms with E-state index in [4.69, 9.17) is 16.3 Å². The van der Waals surface area contributed by atoms with E-state index in [1.54, 1.807) is 30.3 Å². The molecule has 4 rings (SSSR count). The monoisotopic (exact) mass is 477 g/mol. The molecule has 1 fully saturated rings. The van der Waals surface area contributed by atoms with Gasteiger partial charge in [0.25, 0.3) is 5.91 Å². The quantitative estimate of drug-likeness (QED) is 0.442. The molecule has 1 aliphatic heterocycles. The average Bonchev–Trinajstić information content (AvgIpc) is 3.13. The second-order valence-electron chi connectivity index (χ2n) is 7.13. The van der Waals surface area contributed by atoms with Crippen LogP contribution in [0.5, 0.6) is 5.75 Å². The molecule has 0 aliphatic carbocycles. The lowest BCUT2D eigenvalue weighted by molar-refractivity contribution is -0.115. The van der Waals surface area contributed by atoms with Gasteiger partial charge in [-0.05, 0) is 54.2 Å². The van der Waals surface area contributed by atoms with Crippen LogP contribution in [0.25, 0.3) is 6.08 Å². The van der Waals surface area contributed by atoms with Crippen LogP contribution in [0.4, 0.5) is 11.4 Å². The van der Waals surface area contributed by atoms with Gasteiger partial charge in [-0.15, -0.1) is 0 Å². The largest absolute Gasteiger partial charge is 0.488 e. The molecule has 3 aromatic carbocycles. The highest BCUT2D eigenvalue weighted by Crippen LogP contribution is 2.31. The number of nitrogens with one attached hydrogen (secondary N) is 2. The Morgan fingerprint density at radius 3 is 2.58 bits per heavy atom. The van der Waals surface area contributed by atoms with E-state index >= 15 is 0 Å². The third kappa shape index (κ3) is 6.03. The van der Waals surface area contributed by atoms with Crippen LogP contribution in [0.2, 0.25) is 5.02 Å². The zero-order valence-electron chi connectivity index (χ0n) is 17.7. The molecule has 0 radical (unpaired) electrons. The van der Waals surface area contributed by atoms with E-state index in [2.05, 4.69) is 15.6 Å². The van der Waals surface area contributed by atoms with Crippen molar-refractivity contribution in [2.45, 2.75) is 13.5 Å². The minimum absolute atomic E-state index is 0.140. The van der Waals surface area contributed by atoms with Gasteiger partial charge in [-0.25, -0.2) is 4.99 Å². The first kappa shape index (κ1) is 22.6. The Morgan fingerprint density at radius 1 is 1.09 bits per heavy atom. The van der Waals surface area contributed by atoms with Gasteiger partial charge in [0.15, 0.2) is 5.17 Å². The number of halogens is 1. The summed E-state index contributed by atoms with van der Waals surface area (Å²) < 4.78 is 5.98. The fourth-order valence-electron chi connectivity index (χ4n) is 3.06. The first-order chi connectivity index (χ1) is 16.0. The molecule has 3 aromatic rings.